The van der Waals surface area contributed by atoms with Crippen molar-refractivity contribution in [1.29, 1.82) is 0 Å². The molecule has 0 amide bonds. The van der Waals surface area contributed by atoms with Gasteiger partial charge in [0.15, 0.2) is 0 Å². The highest BCUT2D eigenvalue weighted by atomic mass is 16.5. The zero-order valence-corrected chi connectivity index (χ0v) is 14.2. The van der Waals surface area contributed by atoms with Crippen LogP contribution in [0, 0.1) is 5.92 Å². The summed E-state index contributed by atoms with van der Waals surface area (Å²) >= 11 is 0. The van der Waals surface area contributed by atoms with Crippen LogP contribution in [0.3, 0.4) is 0 Å². The van der Waals surface area contributed by atoms with Crippen molar-refractivity contribution in [3.05, 3.63) is 0 Å². The third-order valence-corrected chi connectivity index (χ3v) is 3.89. The summed E-state index contributed by atoms with van der Waals surface area (Å²) < 4.78 is 5.11. The second-order valence-electron chi connectivity index (χ2n) is 6.42. The average Bonchev–Trinajstić information content (AvgIpc) is 2.39. The molecule has 0 radical (unpaired) electrons. The van der Waals surface area contributed by atoms with E-state index < -0.39 is 0 Å². The van der Waals surface area contributed by atoms with Crippen molar-refractivity contribution in [2.45, 2.75) is 104 Å². The van der Waals surface area contributed by atoms with E-state index in [2.05, 4.69) is 13.8 Å². The Bertz CT molecular complexity index is 223. The summed E-state index contributed by atoms with van der Waals surface area (Å²) in [5.74, 6) is 0.866. The number of carbonyl (C=O) groups is 1. The lowest BCUT2D eigenvalue weighted by molar-refractivity contribution is -0.147. The lowest BCUT2D eigenvalue weighted by Crippen LogP contribution is -2.10. The molecule has 20 heavy (non-hydrogen) atoms. The van der Waals surface area contributed by atoms with Gasteiger partial charge in [-0.1, -0.05) is 71.6 Å². The molecule has 0 heterocycles. The molecule has 2 heteroatoms. The minimum atomic E-state index is -0.0370. The van der Waals surface area contributed by atoms with E-state index in [4.69, 9.17) is 4.74 Å². The Morgan fingerprint density at radius 3 is 1.85 bits per heavy atom. The number of unbranched alkanes of at least 4 members (excludes halogenated alkanes) is 7. The highest BCUT2D eigenvalue weighted by Gasteiger charge is 2.04. The van der Waals surface area contributed by atoms with E-state index in [9.17, 15) is 4.79 Å². The predicted molar refractivity (Wildman–Crippen MR) is 86.9 cm³/mol. The first kappa shape index (κ1) is 19.5. The Morgan fingerprint density at radius 2 is 1.35 bits per heavy atom. The van der Waals surface area contributed by atoms with Gasteiger partial charge in [0.1, 0.15) is 0 Å². The summed E-state index contributed by atoms with van der Waals surface area (Å²) in [5.41, 5.74) is 0. The van der Waals surface area contributed by atoms with Gasteiger partial charge in [0.2, 0.25) is 0 Å². The number of hydrogen-bond acceptors (Lipinski definition) is 2. The van der Waals surface area contributed by atoms with Crippen molar-refractivity contribution >= 4 is 5.97 Å². The highest BCUT2D eigenvalue weighted by Crippen LogP contribution is 2.15. The number of esters is 1. The molecule has 0 rings (SSSR count). The van der Waals surface area contributed by atoms with Crippen LogP contribution in [0.5, 0.6) is 0 Å². The standard InChI is InChI=1S/C18H36O2/c1-5-17(4)14-12-10-8-6-7-9-11-13-15-18(19)20-16(2)3/h16-17H,5-15H2,1-4H3. The molecule has 0 spiro atoms. The second-order valence-corrected chi connectivity index (χ2v) is 6.42. The van der Waals surface area contributed by atoms with Crippen molar-refractivity contribution in [2.75, 3.05) is 0 Å². The molecular weight excluding hydrogens is 248 g/mol. The maximum Gasteiger partial charge on any atom is 0.306 e. The van der Waals surface area contributed by atoms with Gasteiger partial charge >= 0.3 is 5.97 Å². The highest BCUT2D eigenvalue weighted by molar-refractivity contribution is 5.69. The first-order valence-electron chi connectivity index (χ1n) is 8.75. The third kappa shape index (κ3) is 13.9. The van der Waals surface area contributed by atoms with Crippen molar-refractivity contribution in [2.24, 2.45) is 5.92 Å². The molecule has 2 nitrogen and oxygen atoms in total. The molecule has 0 fully saturated rings. The van der Waals surface area contributed by atoms with Crippen LogP contribution in [0.2, 0.25) is 0 Å². The van der Waals surface area contributed by atoms with E-state index in [1.54, 1.807) is 0 Å². The van der Waals surface area contributed by atoms with Crippen LogP contribution in [0.25, 0.3) is 0 Å². The molecule has 1 unspecified atom stereocenters. The number of hydrogen-bond donors (Lipinski definition) is 0. The average molecular weight is 284 g/mol. The van der Waals surface area contributed by atoms with Crippen LogP contribution in [0.15, 0.2) is 0 Å². The summed E-state index contributed by atoms with van der Waals surface area (Å²) in [4.78, 5) is 11.3. The topological polar surface area (TPSA) is 26.3 Å². The number of ether oxygens (including phenoxy) is 1. The van der Waals surface area contributed by atoms with Crippen LogP contribution in [0.1, 0.15) is 98.3 Å². The Kier molecular flexibility index (Phi) is 13.1. The largest absolute Gasteiger partial charge is 0.463 e. The van der Waals surface area contributed by atoms with Gasteiger partial charge in [-0.25, -0.2) is 0 Å². The lowest BCUT2D eigenvalue weighted by Gasteiger charge is -2.08. The fraction of sp³-hybridized carbons (Fsp3) is 0.944. The van der Waals surface area contributed by atoms with Crippen molar-refractivity contribution in [1.82, 2.24) is 0 Å². The molecule has 0 aromatic heterocycles. The Labute approximate surface area is 126 Å². The summed E-state index contributed by atoms with van der Waals surface area (Å²) in [6.07, 6.45) is 13.6. The van der Waals surface area contributed by atoms with Crippen LogP contribution in [-0.4, -0.2) is 12.1 Å². The Balaban J connectivity index is 3.15. The fourth-order valence-corrected chi connectivity index (χ4v) is 2.35. The van der Waals surface area contributed by atoms with Gasteiger partial charge in [0, 0.05) is 6.42 Å². The lowest BCUT2D eigenvalue weighted by atomic mass is 9.99. The van der Waals surface area contributed by atoms with Gasteiger partial charge in [-0.2, -0.15) is 0 Å². The number of carbonyl (C=O) groups excluding carboxylic acids is 1. The van der Waals surface area contributed by atoms with Gasteiger partial charge in [0.05, 0.1) is 6.10 Å². The van der Waals surface area contributed by atoms with E-state index in [1.165, 1.54) is 57.8 Å². The van der Waals surface area contributed by atoms with E-state index in [1.807, 2.05) is 13.8 Å². The van der Waals surface area contributed by atoms with Crippen LogP contribution >= 0.6 is 0 Å². The smallest absolute Gasteiger partial charge is 0.306 e. The summed E-state index contributed by atoms with van der Waals surface area (Å²) in [6, 6.07) is 0. The summed E-state index contributed by atoms with van der Waals surface area (Å²) in [6.45, 7) is 8.43. The van der Waals surface area contributed by atoms with Gasteiger partial charge < -0.3 is 4.74 Å². The quantitative estimate of drug-likeness (QED) is 0.311. The summed E-state index contributed by atoms with van der Waals surface area (Å²) in [7, 11) is 0. The fourth-order valence-electron chi connectivity index (χ4n) is 2.35. The molecule has 0 aliphatic rings. The third-order valence-electron chi connectivity index (χ3n) is 3.89. The first-order chi connectivity index (χ1) is 9.56. The normalized spacial score (nSPS) is 12.7. The first-order valence-corrected chi connectivity index (χ1v) is 8.75. The van der Waals surface area contributed by atoms with Crippen LogP contribution in [-0.2, 0) is 9.53 Å². The molecule has 0 aromatic carbocycles. The van der Waals surface area contributed by atoms with Gasteiger partial charge in [-0.3, -0.25) is 4.79 Å². The molecular formula is C18H36O2. The molecule has 0 saturated carbocycles. The van der Waals surface area contributed by atoms with Crippen molar-refractivity contribution in [3.8, 4) is 0 Å². The van der Waals surface area contributed by atoms with Crippen LogP contribution in [0.4, 0.5) is 0 Å². The van der Waals surface area contributed by atoms with E-state index in [0.29, 0.717) is 6.42 Å². The maximum absolute atomic E-state index is 11.3. The molecule has 0 N–H and O–H groups in total. The number of rotatable bonds is 13. The zero-order chi connectivity index (χ0) is 15.2. The predicted octanol–water partition coefficient (Wildman–Crippen LogP) is 5.89. The molecule has 0 bridgehead atoms. The maximum atomic E-state index is 11.3. The molecule has 0 saturated heterocycles. The van der Waals surface area contributed by atoms with E-state index in [-0.39, 0.29) is 12.1 Å². The van der Waals surface area contributed by atoms with Crippen molar-refractivity contribution in [3.63, 3.8) is 0 Å². The molecule has 120 valence electrons. The van der Waals surface area contributed by atoms with E-state index in [0.717, 1.165) is 12.3 Å². The van der Waals surface area contributed by atoms with Crippen molar-refractivity contribution < 1.29 is 9.53 Å². The van der Waals surface area contributed by atoms with Gasteiger partial charge in [-0.05, 0) is 26.2 Å². The summed E-state index contributed by atoms with van der Waals surface area (Å²) in [5, 5.41) is 0. The molecule has 0 aliphatic heterocycles. The van der Waals surface area contributed by atoms with E-state index >= 15 is 0 Å². The minimum Gasteiger partial charge on any atom is -0.463 e. The minimum absolute atomic E-state index is 0.0259. The van der Waals surface area contributed by atoms with Gasteiger partial charge in [0.25, 0.3) is 0 Å². The SMILES string of the molecule is CCC(C)CCCCCCCCCCC(=O)OC(C)C. The molecule has 0 aliphatic carbocycles. The zero-order valence-electron chi connectivity index (χ0n) is 14.2. The van der Waals surface area contributed by atoms with Crippen LogP contribution < -0.4 is 0 Å². The Hall–Kier alpha value is -0.530. The second kappa shape index (κ2) is 13.5. The monoisotopic (exact) mass is 284 g/mol. The Morgan fingerprint density at radius 1 is 0.850 bits per heavy atom. The van der Waals surface area contributed by atoms with Gasteiger partial charge in [-0.15, -0.1) is 0 Å². The molecule has 1 atom stereocenters. The molecule has 0 aromatic rings.